The molecule has 0 radical (unpaired) electrons. The maximum atomic E-state index is 12.6. The van der Waals surface area contributed by atoms with E-state index in [0.29, 0.717) is 13.1 Å². The number of aromatic nitrogens is 2. The Morgan fingerprint density at radius 2 is 1.78 bits per heavy atom. The van der Waals surface area contributed by atoms with Gasteiger partial charge in [-0.3, -0.25) is 9.48 Å². The van der Waals surface area contributed by atoms with Gasteiger partial charge < -0.3 is 9.64 Å². The standard InChI is InChI=1S/C22H29N3O2/c1-15-6-8-20(9-7-15)14-25-19(5)21(18(4)23-25)10-11-22(26)24-12-16(2)27-17(3)13-24/h6-11,16-17H,12-14H2,1-5H3/b11-10+. The monoisotopic (exact) mass is 367 g/mol. The molecule has 2 aromatic rings. The van der Waals surface area contributed by atoms with Crippen molar-refractivity contribution < 1.29 is 9.53 Å². The largest absolute Gasteiger partial charge is 0.372 e. The summed E-state index contributed by atoms with van der Waals surface area (Å²) in [5, 5.41) is 4.66. The van der Waals surface area contributed by atoms with Gasteiger partial charge in [0.1, 0.15) is 0 Å². The third kappa shape index (κ3) is 4.66. The third-order valence-electron chi connectivity index (χ3n) is 5.01. The van der Waals surface area contributed by atoms with Crippen LogP contribution in [0.15, 0.2) is 30.3 Å². The maximum absolute atomic E-state index is 12.6. The van der Waals surface area contributed by atoms with Gasteiger partial charge in [-0.15, -0.1) is 0 Å². The van der Waals surface area contributed by atoms with Gasteiger partial charge in [0.05, 0.1) is 24.4 Å². The van der Waals surface area contributed by atoms with Gasteiger partial charge >= 0.3 is 0 Å². The molecule has 1 aliphatic heterocycles. The molecule has 0 saturated carbocycles. The molecule has 0 aliphatic carbocycles. The first-order valence-electron chi connectivity index (χ1n) is 9.55. The minimum absolute atomic E-state index is 0.0297. The topological polar surface area (TPSA) is 47.4 Å². The van der Waals surface area contributed by atoms with Gasteiger partial charge in [-0.1, -0.05) is 29.8 Å². The van der Waals surface area contributed by atoms with E-state index in [1.54, 1.807) is 6.08 Å². The van der Waals surface area contributed by atoms with Gasteiger partial charge in [-0.05, 0) is 46.3 Å². The number of carbonyl (C=O) groups excluding carboxylic acids is 1. The van der Waals surface area contributed by atoms with Crippen LogP contribution in [0.1, 0.15) is 41.9 Å². The number of carbonyl (C=O) groups is 1. The molecule has 1 fully saturated rings. The summed E-state index contributed by atoms with van der Waals surface area (Å²) in [4.78, 5) is 14.4. The van der Waals surface area contributed by atoms with E-state index in [1.165, 1.54) is 11.1 Å². The fraction of sp³-hybridized carbons (Fsp3) is 0.455. The van der Waals surface area contributed by atoms with Crippen LogP contribution in [0.3, 0.4) is 0 Å². The molecule has 2 atom stereocenters. The lowest BCUT2D eigenvalue weighted by molar-refractivity contribution is -0.137. The number of amides is 1. The highest BCUT2D eigenvalue weighted by molar-refractivity contribution is 5.92. The Hall–Kier alpha value is -2.40. The van der Waals surface area contributed by atoms with Gasteiger partial charge in [0.2, 0.25) is 5.91 Å². The van der Waals surface area contributed by atoms with E-state index in [0.717, 1.165) is 23.5 Å². The predicted molar refractivity (Wildman–Crippen MR) is 108 cm³/mol. The zero-order valence-electron chi connectivity index (χ0n) is 16.9. The lowest BCUT2D eigenvalue weighted by atomic mass is 10.1. The normalized spacial score (nSPS) is 20.4. The number of hydrogen-bond acceptors (Lipinski definition) is 3. The van der Waals surface area contributed by atoms with Crippen molar-refractivity contribution in [1.29, 1.82) is 0 Å². The van der Waals surface area contributed by atoms with E-state index in [4.69, 9.17) is 4.74 Å². The van der Waals surface area contributed by atoms with E-state index < -0.39 is 0 Å². The summed E-state index contributed by atoms with van der Waals surface area (Å²) >= 11 is 0. The molecular weight excluding hydrogens is 338 g/mol. The Bertz CT molecular complexity index is 826. The van der Waals surface area contributed by atoms with E-state index in [2.05, 4.69) is 43.2 Å². The summed E-state index contributed by atoms with van der Waals surface area (Å²) < 4.78 is 7.71. The molecule has 5 heteroatoms. The molecule has 2 unspecified atom stereocenters. The summed E-state index contributed by atoms with van der Waals surface area (Å²) in [6.45, 7) is 12.1. The van der Waals surface area contributed by atoms with Crippen LogP contribution in [-0.4, -0.2) is 45.9 Å². The number of rotatable bonds is 4. The SMILES string of the molecule is Cc1ccc(Cn2nc(C)c(/C=C/C(=O)N3CC(C)OC(C)C3)c2C)cc1. The van der Waals surface area contributed by atoms with Gasteiger partial charge in [-0.2, -0.15) is 5.10 Å². The van der Waals surface area contributed by atoms with Crippen LogP contribution in [0.5, 0.6) is 0 Å². The number of hydrogen-bond donors (Lipinski definition) is 0. The first kappa shape index (κ1) is 19.4. The van der Waals surface area contributed by atoms with Crippen molar-refractivity contribution in [3.8, 4) is 0 Å². The summed E-state index contributed by atoms with van der Waals surface area (Å²) in [5.74, 6) is 0.0297. The lowest BCUT2D eigenvalue weighted by Gasteiger charge is -2.34. The third-order valence-corrected chi connectivity index (χ3v) is 5.01. The number of ether oxygens (including phenoxy) is 1. The van der Waals surface area contributed by atoms with Crippen molar-refractivity contribution in [2.24, 2.45) is 0 Å². The zero-order chi connectivity index (χ0) is 19.6. The maximum Gasteiger partial charge on any atom is 0.246 e. The Balaban J connectivity index is 1.73. The fourth-order valence-corrected chi connectivity index (χ4v) is 3.59. The molecule has 27 heavy (non-hydrogen) atoms. The van der Waals surface area contributed by atoms with Crippen LogP contribution >= 0.6 is 0 Å². The second-order valence-corrected chi connectivity index (χ2v) is 7.56. The minimum atomic E-state index is 0.0297. The van der Waals surface area contributed by atoms with Crippen molar-refractivity contribution in [3.63, 3.8) is 0 Å². The van der Waals surface area contributed by atoms with Crippen LogP contribution in [0.2, 0.25) is 0 Å². The van der Waals surface area contributed by atoms with Crippen molar-refractivity contribution in [1.82, 2.24) is 14.7 Å². The number of nitrogens with zero attached hydrogens (tertiary/aromatic N) is 3. The molecule has 1 aromatic carbocycles. The van der Waals surface area contributed by atoms with Crippen LogP contribution < -0.4 is 0 Å². The minimum Gasteiger partial charge on any atom is -0.372 e. The van der Waals surface area contributed by atoms with Crippen molar-refractivity contribution in [3.05, 3.63) is 58.4 Å². The van der Waals surface area contributed by atoms with E-state index >= 15 is 0 Å². The molecule has 1 aromatic heterocycles. The Labute approximate surface area is 161 Å². The molecule has 3 rings (SSSR count). The van der Waals surface area contributed by atoms with Crippen LogP contribution in [0.25, 0.3) is 6.08 Å². The van der Waals surface area contributed by atoms with Crippen molar-refractivity contribution >= 4 is 12.0 Å². The first-order valence-corrected chi connectivity index (χ1v) is 9.55. The molecule has 2 heterocycles. The van der Waals surface area contributed by atoms with Gasteiger partial charge in [0.15, 0.2) is 0 Å². The highest BCUT2D eigenvalue weighted by Crippen LogP contribution is 2.18. The second-order valence-electron chi connectivity index (χ2n) is 7.56. The zero-order valence-corrected chi connectivity index (χ0v) is 16.9. The van der Waals surface area contributed by atoms with Crippen molar-refractivity contribution in [2.45, 2.75) is 53.4 Å². The molecular formula is C22H29N3O2. The number of aryl methyl sites for hydroxylation is 2. The summed E-state index contributed by atoms with van der Waals surface area (Å²) in [6, 6.07) is 8.49. The Kier molecular flexibility index (Phi) is 5.80. The van der Waals surface area contributed by atoms with Crippen LogP contribution in [-0.2, 0) is 16.1 Å². The molecule has 1 amide bonds. The smallest absolute Gasteiger partial charge is 0.246 e. The number of morpholine rings is 1. The summed E-state index contributed by atoms with van der Waals surface area (Å²) in [7, 11) is 0. The first-order chi connectivity index (χ1) is 12.8. The average Bonchev–Trinajstić information content (AvgIpc) is 2.87. The second kappa shape index (κ2) is 8.09. The molecule has 1 aliphatic rings. The van der Waals surface area contributed by atoms with E-state index in [-0.39, 0.29) is 18.1 Å². The Morgan fingerprint density at radius 1 is 1.15 bits per heavy atom. The Morgan fingerprint density at radius 3 is 2.41 bits per heavy atom. The molecule has 0 spiro atoms. The number of benzene rings is 1. The lowest BCUT2D eigenvalue weighted by Crippen LogP contribution is -2.47. The fourth-order valence-electron chi connectivity index (χ4n) is 3.59. The highest BCUT2D eigenvalue weighted by Gasteiger charge is 2.24. The van der Waals surface area contributed by atoms with Crippen LogP contribution in [0, 0.1) is 20.8 Å². The van der Waals surface area contributed by atoms with Gasteiger partial charge in [0, 0.05) is 30.4 Å². The average molecular weight is 367 g/mol. The van der Waals surface area contributed by atoms with E-state index in [9.17, 15) is 4.79 Å². The molecule has 1 saturated heterocycles. The van der Waals surface area contributed by atoms with Gasteiger partial charge in [0.25, 0.3) is 0 Å². The predicted octanol–water partition coefficient (Wildman–Crippen LogP) is 3.51. The van der Waals surface area contributed by atoms with Crippen molar-refractivity contribution in [2.75, 3.05) is 13.1 Å². The molecule has 5 nitrogen and oxygen atoms in total. The highest BCUT2D eigenvalue weighted by atomic mass is 16.5. The van der Waals surface area contributed by atoms with Crippen LogP contribution in [0.4, 0.5) is 0 Å². The molecule has 144 valence electrons. The quantitative estimate of drug-likeness (QED) is 0.777. The van der Waals surface area contributed by atoms with Gasteiger partial charge in [-0.25, -0.2) is 0 Å². The summed E-state index contributed by atoms with van der Waals surface area (Å²) in [5.41, 5.74) is 5.49. The van der Waals surface area contributed by atoms with E-state index in [1.807, 2.05) is 36.4 Å². The molecule has 0 bridgehead atoms. The molecule has 0 N–H and O–H groups in total. The summed E-state index contributed by atoms with van der Waals surface area (Å²) in [6.07, 6.45) is 3.72.